The number of anilines is 1. The lowest BCUT2D eigenvalue weighted by Gasteiger charge is -2.36. The van der Waals surface area contributed by atoms with E-state index >= 15 is 0 Å². The van der Waals surface area contributed by atoms with Crippen molar-refractivity contribution in [3.63, 3.8) is 0 Å². The average molecular weight is 477 g/mol. The summed E-state index contributed by atoms with van der Waals surface area (Å²) in [6.07, 6.45) is 0. The summed E-state index contributed by atoms with van der Waals surface area (Å²) in [5.41, 5.74) is 1.46. The second-order valence-corrected chi connectivity index (χ2v) is 11.1. The molecule has 2 N–H and O–H groups in total. The summed E-state index contributed by atoms with van der Waals surface area (Å²) >= 11 is 0. The summed E-state index contributed by atoms with van der Waals surface area (Å²) in [5.74, 6) is -0.526. The zero-order chi connectivity index (χ0) is 24.2. The molecule has 9 heteroatoms. The van der Waals surface area contributed by atoms with Crippen molar-refractivity contribution < 1.29 is 17.6 Å². The second kappa shape index (κ2) is 10.2. The highest BCUT2D eigenvalue weighted by Crippen LogP contribution is 2.18. The van der Waals surface area contributed by atoms with Crippen molar-refractivity contribution in [1.29, 1.82) is 0 Å². The number of aryl methyl sites for hydroxylation is 1. The third kappa shape index (κ3) is 6.99. The molecule has 0 aromatic heterocycles. The molecule has 0 bridgehead atoms. The summed E-state index contributed by atoms with van der Waals surface area (Å²) in [4.78, 5) is 17.3. The first-order valence-electron chi connectivity index (χ1n) is 11.1. The zero-order valence-electron chi connectivity index (χ0n) is 19.7. The number of carbonyl (C=O) groups excluding carboxylic acids is 1. The van der Waals surface area contributed by atoms with E-state index in [1.54, 1.807) is 45.9 Å². The number of piperazine rings is 1. The number of carbonyl (C=O) groups is 1. The summed E-state index contributed by atoms with van der Waals surface area (Å²) in [7, 11) is -3.72. The summed E-state index contributed by atoms with van der Waals surface area (Å²) in [6.45, 7) is 11.6. The Kier molecular flexibility index (Phi) is 7.76. The maximum absolute atomic E-state index is 13.1. The lowest BCUT2D eigenvalue weighted by molar-refractivity contribution is 0.0947. The van der Waals surface area contributed by atoms with Gasteiger partial charge in [0.25, 0.3) is 5.91 Å². The number of nitrogens with zero attached hydrogens (tertiary/aromatic N) is 2. The maximum atomic E-state index is 13.1. The third-order valence-electron chi connectivity index (χ3n) is 5.48. The molecule has 1 heterocycles. The first-order chi connectivity index (χ1) is 15.4. The van der Waals surface area contributed by atoms with Crippen molar-refractivity contribution in [2.24, 2.45) is 0 Å². The SMILES string of the molecule is Cc1ccc(S(=O)(=O)NC(C)(C)C)cc1C(=O)NCCN1CCN(c2ccc(F)cc2)CC1. The molecule has 0 atom stereocenters. The van der Waals surface area contributed by atoms with Gasteiger partial charge in [0, 0.05) is 56.1 Å². The predicted octanol–water partition coefficient (Wildman–Crippen LogP) is 2.76. The van der Waals surface area contributed by atoms with E-state index in [-0.39, 0.29) is 16.6 Å². The molecule has 1 fully saturated rings. The van der Waals surface area contributed by atoms with E-state index in [4.69, 9.17) is 0 Å². The Morgan fingerprint density at radius 2 is 1.67 bits per heavy atom. The maximum Gasteiger partial charge on any atom is 0.251 e. The van der Waals surface area contributed by atoms with E-state index in [9.17, 15) is 17.6 Å². The van der Waals surface area contributed by atoms with Gasteiger partial charge in [-0.2, -0.15) is 0 Å². The van der Waals surface area contributed by atoms with E-state index in [1.807, 2.05) is 0 Å². The summed E-state index contributed by atoms with van der Waals surface area (Å²) in [5, 5.41) is 2.91. The van der Waals surface area contributed by atoms with Gasteiger partial charge in [-0.15, -0.1) is 0 Å². The third-order valence-corrected chi connectivity index (χ3v) is 7.24. The van der Waals surface area contributed by atoms with E-state index < -0.39 is 15.6 Å². The van der Waals surface area contributed by atoms with Crippen molar-refractivity contribution in [3.8, 4) is 0 Å². The normalized spacial score (nSPS) is 15.5. The lowest BCUT2D eigenvalue weighted by Crippen LogP contribution is -2.48. The molecule has 1 aliphatic heterocycles. The molecule has 1 saturated heterocycles. The molecule has 0 radical (unpaired) electrons. The Labute approximate surface area is 196 Å². The standard InChI is InChI=1S/C24H33FN4O3S/c1-18-5-10-21(33(31,32)27-24(2,3)4)17-22(18)23(30)26-11-12-28-13-15-29(16-14-28)20-8-6-19(25)7-9-20/h5-10,17,27H,11-16H2,1-4H3,(H,26,30). The van der Waals surface area contributed by atoms with Crippen LogP contribution in [0.4, 0.5) is 10.1 Å². The van der Waals surface area contributed by atoms with Crippen molar-refractivity contribution in [3.05, 3.63) is 59.4 Å². The van der Waals surface area contributed by atoms with Gasteiger partial charge in [0.2, 0.25) is 10.0 Å². The van der Waals surface area contributed by atoms with Gasteiger partial charge in [-0.1, -0.05) is 6.07 Å². The number of hydrogen-bond donors (Lipinski definition) is 2. The van der Waals surface area contributed by atoms with Gasteiger partial charge in [0.05, 0.1) is 4.90 Å². The fraction of sp³-hybridized carbons (Fsp3) is 0.458. The van der Waals surface area contributed by atoms with Crippen molar-refractivity contribution in [1.82, 2.24) is 14.9 Å². The van der Waals surface area contributed by atoms with Crippen molar-refractivity contribution in [2.75, 3.05) is 44.2 Å². The predicted molar refractivity (Wildman–Crippen MR) is 129 cm³/mol. The van der Waals surface area contributed by atoms with E-state index in [0.717, 1.165) is 37.4 Å². The Bertz CT molecular complexity index is 1070. The van der Waals surface area contributed by atoms with Gasteiger partial charge in [-0.3, -0.25) is 9.69 Å². The number of halogens is 1. The zero-order valence-corrected chi connectivity index (χ0v) is 20.5. The molecule has 33 heavy (non-hydrogen) atoms. The first kappa shape index (κ1) is 25.1. The number of sulfonamides is 1. The number of nitrogens with one attached hydrogen (secondary N) is 2. The number of rotatable bonds is 7. The minimum absolute atomic E-state index is 0.0742. The Morgan fingerprint density at radius 3 is 2.27 bits per heavy atom. The molecular formula is C24H33FN4O3S. The van der Waals surface area contributed by atoms with Gasteiger partial charge >= 0.3 is 0 Å². The Morgan fingerprint density at radius 1 is 1.03 bits per heavy atom. The highest BCUT2D eigenvalue weighted by molar-refractivity contribution is 7.89. The van der Waals surface area contributed by atoms with E-state index in [0.29, 0.717) is 18.7 Å². The fourth-order valence-corrected chi connectivity index (χ4v) is 5.22. The number of benzene rings is 2. The van der Waals surface area contributed by atoms with Crippen LogP contribution in [-0.2, 0) is 10.0 Å². The van der Waals surface area contributed by atoms with Crippen molar-refractivity contribution in [2.45, 2.75) is 38.1 Å². The van der Waals surface area contributed by atoms with E-state index in [1.165, 1.54) is 24.3 Å². The van der Waals surface area contributed by atoms with Crippen LogP contribution >= 0.6 is 0 Å². The van der Waals surface area contributed by atoms with Crippen LogP contribution in [-0.4, -0.2) is 64.0 Å². The molecular weight excluding hydrogens is 443 g/mol. The summed E-state index contributed by atoms with van der Waals surface area (Å²) in [6, 6.07) is 11.1. The molecule has 1 amide bonds. The van der Waals surface area contributed by atoms with Crippen LogP contribution in [0.2, 0.25) is 0 Å². The number of hydrogen-bond acceptors (Lipinski definition) is 5. The molecule has 2 aromatic carbocycles. The van der Waals surface area contributed by atoms with Crippen LogP contribution < -0.4 is 14.9 Å². The largest absolute Gasteiger partial charge is 0.369 e. The van der Waals surface area contributed by atoms with E-state index in [2.05, 4.69) is 19.8 Å². The molecule has 1 aliphatic rings. The highest BCUT2D eigenvalue weighted by Gasteiger charge is 2.24. The van der Waals surface area contributed by atoms with Gasteiger partial charge in [-0.25, -0.2) is 17.5 Å². The highest BCUT2D eigenvalue weighted by atomic mass is 32.2. The molecule has 7 nitrogen and oxygen atoms in total. The Hall–Kier alpha value is -2.49. The monoisotopic (exact) mass is 476 g/mol. The lowest BCUT2D eigenvalue weighted by atomic mass is 10.1. The van der Waals surface area contributed by atoms with Crippen molar-refractivity contribution >= 4 is 21.6 Å². The number of amides is 1. The van der Waals surface area contributed by atoms with Crippen LogP contribution in [0.25, 0.3) is 0 Å². The summed E-state index contributed by atoms with van der Waals surface area (Å²) < 4.78 is 41.0. The molecule has 2 aromatic rings. The smallest absolute Gasteiger partial charge is 0.251 e. The fourth-order valence-electron chi connectivity index (χ4n) is 3.78. The quantitative estimate of drug-likeness (QED) is 0.642. The topological polar surface area (TPSA) is 81.7 Å². The average Bonchev–Trinajstić information content (AvgIpc) is 2.73. The van der Waals surface area contributed by atoms with Gasteiger partial charge in [0.1, 0.15) is 5.82 Å². The first-order valence-corrected chi connectivity index (χ1v) is 12.6. The molecule has 0 saturated carbocycles. The van der Waals surface area contributed by atoms with Crippen LogP contribution in [0.1, 0.15) is 36.7 Å². The minimum atomic E-state index is -3.72. The van der Waals surface area contributed by atoms with Gasteiger partial charge in [0.15, 0.2) is 0 Å². The molecule has 180 valence electrons. The minimum Gasteiger partial charge on any atom is -0.369 e. The Balaban J connectivity index is 1.52. The molecule has 0 aliphatic carbocycles. The van der Waals surface area contributed by atoms with Crippen LogP contribution in [0.5, 0.6) is 0 Å². The second-order valence-electron chi connectivity index (χ2n) is 9.39. The van der Waals surface area contributed by atoms with Gasteiger partial charge < -0.3 is 10.2 Å². The van der Waals surface area contributed by atoms with Crippen LogP contribution in [0.15, 0.2) is 47.4 Å². The van der Waals surface area contributed by atoms with Crippen LogP contribution in [0.3, 0.4) is 0 Å². The molecule has 0 unspecified atom stereocenters. The molecule has 0 spiro atoms. The van der Waals surface area contributed by atoms with Gasteiger partial charge in [-0.05, 0) is 69.7 Å². The van der Waals surface area contributed by atoms with Crippen LogP contribution in [0, 0.1) is 12.7 Å². The molecule has 3 rings (SSSR count).